The van der Waals surface area contributed by atoms with E-state index in [0.717, 1.165) is 13.0 Å². The maximum atomic E-state index is 4.51. The summed E-state index contributed by atoms with van der Waals surface area (Å²) in [7, 11) is 2.03. The minimum Gasteiger partial charge on any atom is -0.314 e. The first-order valence-corrected chi connectivity index (χ1v) is 7.32. The Bertz CT molecular complexity index is 347. The highest BCUT2D eigenvalue weighted by Crippen LogP contribution is 2.16. The molecule has 1 aromatic rings. The summed E-state index contributed by atoms with van der Waals surface area (Å²) in [6, 6.07) is 0.603. The molecule has 3 nitrogen and oxygen atoms in total. The third-order valence-corrected chi connectivity index (χ3v) is 3.70. The van der Waals surface area contributed by atoms with E-state index in [9.17, 15) is 0 Å². The van der Waals surface area contributed by atoms with E-state index < -0.39 is 0 Å². The summed E-state index contributed by atoms with van der Waals surface area (Å²) in [5, 5.41) is 8.19. The zero-order valence-corrected chi connectivity index (χ0v) is 12.7. The van der Waals surface area contributed by atoms with Gasteiger partial charge >= 0.3 is 0 Å². The second kappa shape index (κ2) is 7.57. The number of rotatable bonds is 8. The summed E-state index contributed by atoms with van der Waals surface area (Å²) in [6.45, 7) is 9.90. The first-order valence-electron chi connectivity index (χ1n) is 7.32. The molecule has 0 aliphatic heterocycles. The Morgan fingerprint density at radius 3 is 2.44 bits per heavy atom. The molecule has 1 atom stereocenters. The zero-order valence-electron chi connectivity index (χ0n) is 12.7. The van der Waals surface area contributed by atoms with Crippen molar-refractivity contribution in [2.45, 2.75) is 65.8 Å². The highest BCUT2D eigenvalue weighted by Gasteiger charge is 2.15. The van der Waals surface area contributed by atoms with E-state index in [-0.39, 0.29) is 0 Å². The van der Waals surface area contributed by atoms with Gasteiger partial charge in [-0.25, -0.2) is 0 Å². The van der Waals surface area contributed by atoms with Crippen LogP contribution in [0.4, 0.5) is 0 Å². The van der Waals surface area contributed by atoms with Gasteiger partial charge in [0, 0.05) is 18.8 Å². The number of nitrogens with one attached hydrogen (secondary N) is 1. The van der Waals surface area contributed by atoms with Crippen molar-refractivity contribution in [3.8, 4) is 0 Å². The van der Waals surface area contributed by atoms with Gasteiger partial charge in [0.15, 0.2) is 0 Å². The number of aryl methyl sites for hydroxylation is 2. The van der Waals surface area contributed by atoms with Crippen LogP contribution in [0.3, 0.4) is 0 Å². The predicted molar refractivity (Wildman–Crippen MR) is 78.0 cm³/mol. The Kier molecular flexibility index (Phi) is 6.41. The van der Waals surface area contributed by atoms with Crippen LogP contribution in [-0.4, -0.2) is 22.4 Å². The van der Waals surface area contributed by atoms with Crippen LogP contribution in [0.25, 0.3) is 0 Å². The maximum absolute atomic E-state index is 4.51. The quantitative estimate of drug-likeness (QED) is 0.769. The molecule has 104 valence electrons. The lowest BCUT2D eigenvalue weighted by Gasteiger charge is -2.18. The van der Waals surface area contributed by atoms with Gasteiger partial charge in [-0.1, -0.05) is 26.7 Å². The fourth-order valence-corrected chi connectivity index (χ4v) is 2.43. The van der Waals surface area contributed by atoms with Crippen LogP contribution in [-0.2, 0) is 13.5 Å². The van der Waals surface area contributed by atoms with E-state index in [1.54, 1.807) is 0 Å². The van der Waals surface area contributed by atoms with Crippen LogP contribution in [0.1, 0.15) is 56.5 Å². The molecule has 1 rings (SSSR count). The first kappa shape index (κ1) is 15.2. The van der Waals surface area contributed by atoms with Gasteiger partial charge in [0.1, 0.15) is 0 Å². The summed E-state index contributed by atoms with van der Waals surface area (Å²) in [4.78, 5) is 0. The zero-order chi connectivity index (χ0) is 13.5. The summed E-state index contributed by atoms with van der Waals surface area (Å²) in [5.41, 5.74) is 3.93. The minimum atomic E-state index is 0.603. The van der Waals surface area contributed by atoms with Crippen molar-refractivity contribution < 1.29 is 0 Å². The van der Waals surface area contributed by atoms with Gasteiger partial charge in [-0.3, -0.25) is 4.68 Å². The van der Waals surface area contributed by atoms with E-state index in [1.165, 1.54) is 42.6 Å². The van der Waals surface area contributed by atoms with Crippen LogP contribution in [0.2, 0.25) is 0 Å². The van der Waals surface area contributed by atoms with Crippen LogP contribution in [0.5, 0.6) is 0 Å². The molecule has 0 amide bonds. The van der Waals surface area contributed by atoms with Gasteiger partial charge in [0.2, 0.25) is 0 Å². The van der Waals surface area contributed by atoms with Crippen molar-refractivity contribution >= 4 is 0 Å². The average Bonchev–Trinajstić information content (AvgIpc) is 2.58. The molecule has 0 aromatic carbocycles. The molecule has 18 heavy (non-hydrogen) atoms. The minimum absolute atomic E-state index is 0.603. The van der Waals surface area contributed by atoms with Gasteiger partial charge in [-0.05, 0) is 45.2 Å². The van der Waals surface area contributed by atoms with Gasteiger partial charge in [0.05, 0.1) is 5.69 Å². The molecular weight excluding hydrogens is 222 g/mol. The van der Waals surface area contributed by atoms with Crippen molar-refractivity contribution in [3.05, 3.63) is 17.0 Å². The fourth-order valence-electron chi connectivity index (χ4n) is 2.43. The Labute approximate surface area is 112 Å². The van der Waals surface area contributed by atoms with Gasteiger partial charge in [0.25, 0.3) is 0 Å². The standard InChI is InChI=1S/C15H29N3/c1-6-8-9-14(16-10-7-2)11-15-12(3)17-18(5)13(15)4/h14,16H,6-11H2,1-5H3. The van der Waals surface area contributed by atoms with E-state index in [4.69, 9.17) is 0 Å². The lowest BCUT2D eigenvalue weighted by atomic mass is 9.99. The van der Waals surface area contributed by atoms with E-state index in [0.29, 0.717) is 6.04 Å². The Balaban J connectivity index is 2.68. The van der Waals surface area contributed by atoms with Crippen molar-refractivity contribution in [1.82, 2.24) is 15.1 Å². The van der Waals surface area contributed by atoms with Gasteiger partial charge in [-0.2, -0.15) is 5.10 Å². The molecule has 0 saturated carbocycles. The van der Waals surface area contributed by atoms with E-state index >= 15 is 0 Å². The number of aromatic nitrogens is 2. The Morgan fingerprint density at radius 2 is 1.94 bits per heavy atom. The molecule has 0 saturated heterocycles. The number of hydrogen-bond donors (Lipinski definition) is 1. The number of hydrogen-bond acceptors (Lipinski definition) is 2. The molecule has 0 spiro atoms. The lowest BCUT2D eigenvalue weighted by molar-refractivity contribution is 0.460. The molecule has 0 radical (unpaired) electrons. The molecule has 0 bridgehead atoms. The van der Waals surface area contributed by atoms with E-state index in [2.05, 4.69) is 38.1 Å². The molecule has 0 aliphatic rings. The predicted octanol–water partition coefficient (Wildman–Crippen LogP) is 3.14. The highest BCUT2D eigenvalue weighted by atomic mass is 15.3. The first-order chi connectivity index (χ1) is 8.60. The van der Waals surface area contributed by atoms with Crippen LogP contribution in [0.15, 0.2) is 0 Å². The molecule has 0 fully saturated rings. The monoisotopic (exact) mass is 251 g/mol. The number of nitrogens with zero attached hydrogens (tertiary/aromatic N) is 2. The Morgan fingerprint density at radius 1 is 1.22 bits per heavy atom. The van der Waals surface area contributed by atoms with Crippen LogP contribution < -0.4 is 5.32 Å². The van der Waals surface area contributed by atoms with Crippen molar-refractivity contribution in [3.63, 3.8) is 0 Å². The SMILES string of the molecule is CCCCC(Cc1c(C)nn(C)c1C)NCCC. The smallest absolute Gasteiger partial charge is 0.0628 e. The van der Waals surface area contributed by atoms with Crippen LogP contribution >= 0.6 is 0 Å². The van der Waals surface area contributed by atoms with Gasteiger partial charge < -0.3 is 5.32 Å². The molecule has 0 aliphatic carbocycles. The second-order valence-electron chi connectivity index (χ2n) is 5.27. The second-order valence-corrected chi connectivity index (χ2v) is 5.27. The molecular formula is C15H29N3. The highest BCUT2D eigenvalue weighted by molar-refractivity contribution is 5.25. The number of unbranched alkanes of at least 4 members (excludes halogenated alkanes) is 1. The van der Waals surface area contributed by atoms with Crippen molar-refractivity contribution in [2.24, 2.45) is 7.05 Å². The third kappa shape index (κ3) is 4.13. The Hall–Kier alpha value is -0.830. The molecule has 1 aromatic heterocycles. The van der Waals surface area contributed by atoms with Crippen molar-refractivity contribution in [2.75, 3.05) is 6.54 Å². The maximum Gasteiger partial charge on any atom is 0.0628 e. The molecule has 3 heteroatoms. The summed E-state index contributed by atoms with van der Waals surface area (Å²) >= 11 is 0. The fraction of sp³-hybridized carbons (Fsp3) is 0.800. The average molecular weight is 251 g/mol. The topological polar surface area (TPSA) is 29.9 Å². The van der Waals surface area contributed by atoms with Crippen molar-refractivity contribution in [1.29, 1.82) is 0 Å². The molecule has 1 N–H and O–H groups in total. The largest absolute Gasteiger partial charge is 0.314 e. The summed E-state index contributed by atoms with van der Waals surface area (Å²) in [6.07, 6.45) is 6.17. The molecule has 1 unspecified atom stereocenters. The third-order valence-electron chi connectivity index (χ3n) is 3.70. The summed E-state index contributed by atoms with van der Waals surface area (Å²) < 4.78 is 2.00. The summed E-state index contributed by atoms with van der Waals surface area (Å²) in [5.74, 6) is 0. The molecule has 1 heterocycles. The lowest BCUT2D eigenvalue weighted by Crippen LogP contribution is -2.32. The van der Waals surface area contributed by atoms with E-state index in [1.807, 2.05) is 11.7 Å². The van der Waals surface area contributed by atoms with Gasteiger partial charge in [-0.15, -0.1) is 0 Å². The van der Waals surface area contributed by atoms with Crippen LogP contribution in [0, 0.1) is 13.8 Å². The normalized spacial score (nSPS) is 12.9.